The van der Waals surface area contributed by atoms with Gasteiger partial charge in [-0.05, 0) is 64.2 Å². The number of unbranched alkanes of at least 4 members (excludes halogenated alkanes) is 26. The van der Waals surface area contributed by atoms with Crippen molar-refractivity contribution in [3.8, 4) is 0 Å². The average molecular weight is 825 g/mol. The van der Waals surface area contributed by atoms with Crippen LogP contribution in [0.3, 0.4) is 0 Å². The number of carbonyl (C=O) groups is 3. The van der Waals surface area contributed by atoms with Gasteiger partial charge in [-0.25, -0.2) is 0 Å². The topological polar surface area (TPSA) is 78.9 Å². The van der Waals surface area contributed by atoms with Crippen LogP contribution >= 0.6 is 0 Å². The lowest BCUT2D eigenvalue weighted by Gasteiger charge is -2.18. The molecule has 6 nitrogen and oxygen atoms in total. The molecule has 0 spiro atoms. The Morgan fingerprint density at radius 2 is 0.678 bits per heavy atom. The van der Waals surface area contributed by atoms with E-state index in [9.17, 15) is 14.4 Å². The summed E-state index contributed by atoms with van der Waals surface area (Å²) in [6.45, 7) is 6.45. The highest BCUT2D eigenvalue weighted by Gasteiger charge is 2.19. The van der Waals surface area contributed by atoms with Crippen LogP contribution < -0.4 is 0 Å². The first-order chi connectivity index (χ1) is 29.0. The Labute approximate surface area is 364 Å². The summed E-state index contributed by atoms with van der Waals surface area (Å²) in [5.74, 6) is -0.931. The molecule has 0 aliphatic carbocycles. The Balaban J connectivity index is 4.43. The highest BCUT2D eigenvalue weighted by Crippen LogP contribution is 2.15. The fraction of sp³-hybridized carbons (Fsp3) is 0.755. The molecule has 1 unspecified atom stereocenters. The fourth-order valence-corrected chi connectivity index (χ4v) is 6.86. The summed E-state index contributed by atoms with van der Waals surface area (Å²) in [6.07, 6.45) is 57.7. The van der Waals surface area contributed by atoms with Crippen LogP contribution in [0.1, 0.15) is 239 Å². The maximum atomic E-state index is 12.7. The van der Waals surface area contributed by atoms with E-state index in [4.69, 9.17) is 14.2 Å². The molecule has 0 aromatic rings. The highest BCUT2D eigenvalue weighted by atomic mass is 16.6. The second-order valence-electron chi connectivity index (χ2n) is 16.4. The van der Waals surface area contributed by atoms with Crippen molar-refractivity contribution in [2.24, 2.45) is 0 Å². The molecule has 0 aromatic carbocycles. The van der Waals surface area contributed by atoms with Gasteiger partial charge in [0.05, 0.1) is 0 Å². The predicted octanol–water partition coefficient (Wildman–Crippen LogP) is 16.1. The lowest BCUT2D eigenvalue weighted by Crippen LogP contribution is -2.30. The van der Waals surface area contributed by atoms with E-state index in [1.807, 2.05) is 36.5 Å². The van der Waals surface area contributed by atoms with Gasteiger partial charge >= 0.3 is 17.9 Å². The van der Waals surface area contributed by atoms with E-state index >= 15 is 0 Å². The number of ether oxygens (including phenoxy) is 3. The lowest BCUT2D eigenvalue weighted by molar-refractivity contribution is -0.167. The van der Waals surface area contributed by atoms with Crippen molar-refractivity contribution in [3.63, 3.8) is 0 Å². The van der Waals surface area contributed by atoms with Gasteiger partial charge in [-0.3, -0.25) is 14.4 Å². The Kier molecular flexibility index (Phi) is 45.4. The number of carbonyl (C=O) groups excluding carboxylic acids is 3. The second kappa shape index (κ2) is 47.8. The van der Waals surface area contributed by atoms with Crippen LogP contribution in [0.5, 0.6) is 0 Å². The molecular formula is C53H92O6. The number of hydrogen-bond donors (Lipinski definition) is 0. The van der Waals surface area contributed by atoms with Gasteiger partial charge in [0.1, 0.15) is 13.2 Å². The van der Waals surface area contributed by atoms with Gasteiger partial charge in [0.25, 0.3) is 0 Å². The summed E-state index contributed by atoms with van der Waals surface area (Å²) in [5, 5.41) is 0. The molecule has 0 heterocycles. The molecule has 1 atom stereocenters. The molecule has 0 aromatic heterocycles. The number of allylic oxidation sites excluding steroid dienone is 10. The molecule has 0 N–H and O–H groups in total. The Hall–Kier alpha value is -2.89. The van der Waals surface area contributed by atoms with Crippen LogP contribution in [-0.2, 0) is 28.6 Å². The van der Waals surface area contributed by atoms with E-state index in [0.717, 1.165) is 70.6 Å². The third-order valence-corrected chi connectivity index (χ3v) is 10.6. The summed E-state index contributed by atoms with van der Waals surface area (Å²) >= 11 is 0. The van der Waals surface area contributed by atoms with Crippen molar-refractivity contribution >= 4 is 17.9 Å². The van der Waals surface area contributed by atoms with Gasteiger partial charge in [-0.15, -0.1) is 0 Å². The van der Waals surface area contributed by atoms with Crippen molar-refractivity contribution in [2.75, 3.05) is 13.2 Å². The van der Waals surface area contributed by atoms with E-state index < -0.39 is 6.10 Å². The Morgan fingerprint density at radius 3 is 1.12 bits per heavy atom. The lowest BCUT2D eigenvalue weighted by atomic mass is 10.0. The molecule has 0 bridgehead atoms. The van der Waals surface area contributed by atoms with Gasteiger partial charge in [-0.2, -0.15) is 0 Å². The third-order valence-electron chi connectivity index (χ3n) is 10.6. The van der Waals surface area contributed by atoms with Crippen LogP contribution in [0.2, 0.25) is 0 Å². The molecule has 0 saturated carbocycles. The number of rotatable bonds is 44. The van der Waals surface area contributed by atoms with E-state index in [1.165, 1.54) is 128 Å². The maximum absolute atomic E-state index is 12.7. The smallest absolute Gasteiger partial charge is 0.306 e. The Bertz CT molecular complexity index is 1090. The van der Waals surface area contributed by atoms with E-state index in [1.54, 1.807) is 0 Å². The zero-order valence-corrected chi connectivity index (χ0v) is 38.8. The molecule has 0 saturated heterocycles. The third kappa shape index (κ3) is 46.0. The SMILES string of the molecule is CC\C=C/C=C\C=C/C=C\CCCCCC(=O)OC(COC(=O)CCCCCCCCC/C=C\CCCCCC)COC(=O)CCCCCCCCCCCCCCC. The molecule has 0 fully saturated rings. The van der Waals surface area contributed by atoms with Crippen LogP contribution in [0.4, 0.5) is 0 Å². The summed E-state index contributed by atoms with van der Waals surface area (Å²) in [6, 6.07) is 0. The molecule has 0 radical (unpaired) electrons. The van der Waals surface area contributed by atoms with Crippen LogP contribution in [-0.4, -0.2) is 37.2 Å². The van der Waals surface area contributed by atoms with Gasteiger partial charge < -0.3 is 14.2 Å². The molecular weight excluding hydrogens is 733 g/mol. The standard InChI is InChI=1S/C53H92O6/c1-4-7-10-13-16-19-22-25-26-29-31-34-37-40-43-46-52(55)58-49-50(59-53(56)47-44-41-38-35-32-28-24-21-18-15-12-9-6-3)48-57-51(54)45-42-39-36-33-30-27-23-20-17-14-11-8-5-2/h9,12,15,18-19,21-22,24,28,32,50H,4-8,10-11,13-14,16-17,20,23,25-27,29-31,33-49H2,1-3H3/b12-9-,18-15-,22-19-,24-21-,32-28-. The molecule has 0 aliphatic heterocycles. The molecule has 0 rings (SSSR count). The van der Waals surface area contributed by atoms with Crippen molar-refractivity contribution < 1.29 is 28.6 Å². The largest absolute Gasteiger partial charge is 0.462 e. The van der Waals surface area contributed by atoms with E-state index in [-0.39, 0.29) is 37.5 Å². The molecule has 6 heteroatoms. The maximum Gasteiger partial charge on any atom is 0.306 e. The van der Waals surface area contributed by atoms with E-state index in [2.05, 4.69) is 45.1 Å². The summed E-state index contributed by atoms with van der Waals surface area (Å²) in [4.78, 5) is 37.9. The zero-order chi connectivity index (χ0) is 43.0. The van der Waals surface area contributed by atoms with E-state index in [0.29, 0.717) is 12.8 Å². The van der Waals surface area contributed by atoms with Crippen LogP contribution in [0.15, 0.2) is 60.8 Å². The van der Waals surface area contributed by atoms with Crippen molar-refractivity contribution in [1.29, 1.82) is 0 Å². The monoisotopic (exact) mass is 825 g/mol. The zero-order valence-electron chi connectivity index (χ0n) is 38.8. The Morgan fingerprint density at radius 1 is 0.356 bits per heavy atom. The normalized spacial score (nSPS) is 12.5. The summed E-state index contributed by atoms with van der Waals surface area (Å²) in [7, 11) is 0. The molecule has 0 aliphatic rings. The van der Waals surface area contributed by atoms with Gasteiger partial charge in [0, 0.05) is 19.3 Å². The quantitative estimate of drug-likeness (QED) is 0.0200. The summed E-state index contributed by atoms with van der Waals surface area (Å²) < 4.78 is 16.7. The van der Waals surface area contributed by atoms with Gasteiger partial charge in [-0.1, -0.05) is 216 Å². The summed E-state index contributed by atoms with van der Waals surface area (Å²) in [5.41, 5.74) is 0. The van der Waals surface area contributed by atoms with Crippen molar-refractivity contribution in [1.82, 2.24) is 0 Å². The van der Waals surface area contributed by atoms with Crippen LogP contribution in [0.25, 0.3) is 0 Å². The van der Waals surface area contributed by atoms with Crippen molar-refractivity contribution in [2.45, 2.75) is 245 Å². The van der Waals surface area contributed by atoms with Crippen LogP contribution in [0, 0.1) is 0 Å². The highest BCUT2D eigenvalue weighted by molar-refractivity contribution is 5.71. The molecule has 0 amide bonds. The first-order valence-corrected chi connectivity index (χ1v) is 24.8. The first-order valence-electron chi connectivity index (χ1n) is 24.8. The minimum Gasteiger partial charge on any atom is -0.462 e. The average Bonchev–Trinajstić information content (AvgIpc) is 3.23. The molecule has 59 heavy (non-hydrogen) atoms. The molecule has 340 valence electrons. The minimum absolute atomic E-state index is 0.0898. The van der Waals surface area contributed by atoms with Gasteiger partial charge in [0.15, 0.2) is 6.10 Å². The number of esters is 3. The van der Waals surface area contributed by atoms with Gasteiger partial charge in [0.2, 0.25) is 0 Å². The first kappa shape index (κ1) is 56.1. The number of hydrogen-bond acceptors (Lipinski definition) is 6. The minimum atomic E-state index is -0.792. The second-order valence-corrected chi connectivity index (χ2v) is 16.4. The predicted molar refractivity (Wildman–Crippen MR) is 251 cm³/mol. The fourth-order valence-electron chi connectivity index (χ4n) is 6.86. The van der Waals surface area contributed by atoms with Crippen molar-refractivity contribution in [3.05, 3.63) is 60.8 Å².